The standard InChI is InChI=1S/C8H3BrF3NO/c9-6-2-1-5(8(10,11)12)3-7(6)13-4-14/h1-3H. The maximum Gasteiger partial charge on any atom is 0.416 e. The fourth-order valence-corrected chi connectivity index (χ4v) is 1.16. The van der Waals surface area contributed by atoms with E-state index in [0.717, 1.165) is 12.1 Å². The van der Waals surface area contributed by atoms with E-state index in [1.165, 1.54) is 12.1 Å². The molecule has 0 aromatic heterocycles. The molecule has 0 aliphatic heterocycles. The van der Waals surface area contributed by atoms with Crippen molar-refractivity contribution in [3.63, 3.8) is 0 Å². The smallest absolute Gasteiger partial charge is 0.211 e. The van der Waals surface area contributed by atoms with E-state index < -0.39 is 11.7 Å². The van der Waals surface area contributed by atoms with Crippen molar-refractivity contribution in [3.05, 3.63) is 28.2 Å². The first-order chi connectivity index (χ1) is 6.45. The lowest BCUT2D eigenvalue weighted by atomic mass is 10.2. The Labute approximate surface area is 85.6 Å². The summed E-state index contributed by atoms with van der Waals surface area (Å²) in [5.74, 6) is 0. The van der Waals surface area contributed by atoms with Crippen molar-refractivity contribution < 1.29 is 18.0 Å². The van der Waals surface area contributed by atoms with Gasteiger partial charge in [-0.1, -0.05) is 0 Å². The van der Waals surface area contributed by atoms with Gasteiger partial charge in [-0.25, -0.2) is 4.79 Å². The van der Waals surface area contributed by atoms with Crippen LogP contribution < -0.4 is 0 Å². The Morgan fingerprint density at radius 3 is 2.50 bits per heavy atom. The first-order valence-corrected chi connectivity index (χ1v) is 4.19. The summed E-state index contributed by atoms with van der Waals surface area (Å²) in [6.45, 7) is 0. The molecule has 0 bridgehead atoms. The van der Waals surface area contributed by atoms with Crippen molar-refractivity contribution in [3.8, 4) is 0 Å². The fraction of sp³-hybridized carbons (Fsp3) is 0.125. The Bertz CT molecular complexity index is 396. The molecular weight excluding hydrogens is 263 g/mol. The lowest BCUT2D eigenvalue weighted by Gasteiger charge is -2.06. The van der Waals surface area contributed by atoms with Gasteiger partial charge in [-0.15, -0.1) is 0 Å². The van der Waals surface area contributed by atoms with Crippen molar-refractivity contribution in [1.29, 1.82) is 0 Å². The van der Waals surface area contributed by atoms with Crippen LogP contribution >= 0.6 is 15.9 Å². The van der Waals surface area contributed by atoms with E-state index in [9.17, 15) is 18.0 Å². The van der Waals surface area contributed by atoms with Crippen LogP contribution in [0.5, 0.6) is 0 Å². The van der Waals surface area contributed by atoms with Crippen LogP contribution in [0, 0.1) is 0 Å². The van der Waals surface area contributed by atoms with Crippen LogP contribution in [0.25, 0.3) is 0 Å². The summed E-state index contributed by atoms with van der Waals surface area (Å²) in [5.41, 5.74) is -0.940. The van der Waals surface area contributed by atoms with Crippen LogP contribution in [0.15, 0.2) is 27.7 Å². The molecule has 1 aromatic rings. The fourth-order valence-electron chi connectivity index (χ4n) is 0.824. The largest absolute Gasteiger partial charge is 0.416 e. The maximum absolute atomic E-state index is 12.2. The lowest BCUT2D eigenvalue weighted by Crippen LogP contribution is -2.04. The van der Waals surface area contributed by atoms with Gasteiger partial charge in [0.05, 0.1) is 11.3 Å². The molecular formula is C8H3BrF3NO. The number of benzene rings is 1. The van der Waals surface area contributed by atoms with E-state index in [1.807, 2.05) is 0 Å². The highest BCUT2D eigenvalue weighted by atomic mass is 79.9. The molecule has 0 radical (unpaired) electrons. The molecule has 0 aliphatic carbocycles. The molecule has 0 saturated carbocycles. The summed E-state index contributed by atoms with van der Waals surface area (Å²) in [5, 5.41) is 0. The van der Waals surface area contributed by atoms with Crippen LogP contribution in [0.3, 0.4) is 0 Å². The minimum atomic E-state index is -4.44. The molecule has 14 heavy (non-hydrogen) atoms. The summed E-state index contributed by atoms with van der Waals surface area (Å²) < 4.78 is 36.9. The van der Waals surface area contributed by atoms with Gasteiger partial charge in [-0.2, -0.15) is 18.2 Å². The van der Waals surface area contributed by atoms with Crippen LogP contribution in [-0.4, -0.2) is 6.08 Å². The molecule has 0 aliphatic rings. The SMILES string of the molecule is O=C=Nc1cc(C(F)(F)F)ccc1Br. The highest BCUT2D eigenvalue weighted by Gasteiger charge is 2.30. The van der Waals surface area contributed by atoms with E-state index in [4.69, 9.17) is 0 Å². The molecule has 1 rings (SSSR count). The zero-order valence-electron chi connectivity index (χ0n) is 6.60. The summed E-state index contributed by atoms with van der Waals surface area (Å²) in [6.07, 6.45) is -3.26. The van der Waals surface area contributed by atoms with E-state index in [0.29, 0.717) is 4.47 Å². The second kappa shape index (κ2) is 3.94. The van der Waals surface area contributed by atoms with Crippen LogP contribution in [0.4, 0.5) is 18.9 Å². The Kier molecular flexibility index (Phi) is 3.08. The van der Waals surface area contributed by atoms with Gasteiger partial charge in [0.15, 0.2) is 0 Å². The third-order valence-electron chi connectivity index (χ3n) is 1.44. The third kappa shape index (κ3) is 2.43. The van der Waals surface area contributed by atoms with Crippen LogP contribution in [0.1, 0.15) is 5.56 Å². The van der Waals surface area contributed by atoms with Crippen LogP contribution in [0.2, 0.25) is 0 Å². The topological polar surface area (TPSA) is 29.4 Å². The van der Waals surface area contributed by atoms with Gasteiger partial charge < -0.3 is 0 Å². The zero-order valence-corrected chi connectivity index (χ0v) is 8.19. The molecule has 1 aromatic carbocycles. The highest BCUT2D eigenvalue weighted by Crippen LogP contribution is 2.34. The normalized spacial score (nSPS) is 10.9. The molecule has 0 heterocycles. The average molecular weight is 266 g/mol. The first kappa shape index (κ1) is 10.9. The van der Waals surface area contributed by atoms with Gasteiger partial charge in [-0.05, 0) is 34.1 Å². The number of hydrogen-bond donors (Lipinski definition) is 0. The van der Waals surface area contributed by atoms with Gasteiger partial charge in [0.1, 0.15) is 0 Å². The molecule has 0 spiro atoms. The predicted molar refractivity (Wildman–Crippen MR) is 46.9 cm³/mol. The summed E-state index contributed by atoms with van der Waals surface area (Å²) in [7, 11) is 0. The Morgan fingerprint density at radius 1 is 1.36 bits per heavy atom. The quantitative estimate of drug-likeness (QED) is 0.565. The molecule has 0 amide bonds. The van der Waals surface area contributed by atoms with E-state index in [2.05, 4.69) is 20.9 Å². The molecule has 6 heteroatoms. The van der Waals surface area contributed by atoms with Crippen molar-refractivity contribution in [2.45, 2.75) is 6.18 Å². The van der Waals surface area contributed by atoms with Gasteiger partial charge in [0, 0.05) is 4.47 Å². The van der Waals surface area contributed by atoms with Crippen molar-refractivity contribution in [2.24, 2.45) is 4.99 Å². The zero-order chi connectivity index (χ0) is 10.8. The third-order valence-corrected chi connectivity index (χ3v) is 2.11. The van der Waals surface area contributed by atoms with Gasteiger partial charge in [-0.3, -0.25) is 0 Å². The van der Waals surface area contributed by atoms with Gasteiger partial charge >= 0.3 is 6.18 Å². The number of aliphatic imine (C=N–C) groups is 1. The van der Waals surface area contributed by atoms with E-state index >= 15 is 0 Å². The number of carbonyl (C=O) groups excluding carboxylic acids is 1. The number of hydrogen-bond acceptors (Lipinski definition) is 2. The number of isocyanates is 1. The molecule has 0 fully saturated rings. The molecule has 0 unspecified atom stereocenters. The van der Waals surface area contributed by atoms with Gasteiger partial charge in [0.2, 0.25) is 6.08 Å². The minimum Gasteiger partial charge on any atom is -0.211 e. The Hall–Kier alpha value is -1.13. The second-order valence-electron chi connectivity index (χ2n) is 2.37. The average Bonchev–Trinajstić information content (AvgIpc) is 2.07. The number of rotatable bonds is 1. The summed E-state index contributed by atoms with van der Waals surface area (Å²) >= 11 is 2.96. The highest BCUT2D eigenvalue weighted by molar-refractivity contribution is 9.10. The Balaban J connectivity index is 3.26. The van der Waals surface area contributed by atoms with E-state index in [-0.39, 0.29) is 5.69 Å². The van der Waals surface area contributed by atoms with Crippen molar-refractivity contribution in [1.82, 2.24) is 0 Å². The summed E-state index contributed by atoms with van der Waals surface area (Å²) in [4.78, 5) is 13.0. The molecule has 0 atom stereocenters. The van der Waals surface area contributed by atoms with Crippen LogP contribution in [-0.2, 0) is 11.0 Å². The monoisotopic (exact) mass is 265 g/mol. The number of halogens is 4. The molecule has 0 N–H and O–H groups in total. The van der Waals surface area contributed by atoms with E-state index in [1.54, 1.807) is 0 Å². The molecule has 0 saturated heterocycles. The predicted octanol–water partition coefficient (Wildman–Crippen LogP) is 3.44. The lowest BCUT2D eigenvalue weighted by molar-refractivity contribution is -0.137. The second-order valence-corrected chi connectivity index (χ2v) is 3.22. The van der Waals surface area contributed by atoms with Crippen molar-refractivity contribution >= 4 is 27.7 Å². The number of nitrogens with zero attached hydrogens (tertiary/aromatic N) is 1. The number of alkyl halides is 3. The maximum atomic E-state index is 12.2. The Morgan fingerprint density at radius 2 is 2.00 bits per heavy atom. The minimum absolute atomic E-state index is 0.0881. The van der Waals surface area contributed by atoms with Gasteiger partial charge in [0.25, 0.3) is 0 Å². The van der Waals surface area contributed by atoms with Crippen molar-refractivity contribution in [2.75, 3.05) is 0 Å². The molecule has 2 nitrogen and oxygen atoms in total. The molecule has 74 valence electrons. The first-order valence-electron chi connectivity index (χ1n) is 3.40. The summed E-state index contributed by atoms with van der Waals surface area (Å²) in [6, 6.07) is 2.85.